The number of ether oxygens (including phenoxy) is 1. The van der Waals surface area contributed by atoms with E-state index in [4.69, 9.17) is 10.5 Å². The summed E-state index contributed by atoms with van der Waals surface area (Å²) in [6.45, 7) is 0. The van der Waals surface area contributed by atoms with Crippen molar-refractivity contribution in [3.63, 3.8) is 0 Å². The molecule has 0 bridgehead atoms. The quantitative estimate of drug-likeness (QED) is 0.927. The molecule has 19 heavy (non-hydrogen) atoms. The highest BCUT2D eigenvalue weighted by Crippen LogP contribution is 2.25. The van der Waals surface area contributed by atoms with Crippen LogP contribution in [-0.4, -0.2) is 7.11 Å². The molecule has 0 saturated carbocycles. The third-order valence-corrected chi connectivity index (χ3v) is 2.84. The second kappa shape index (κ2) is 5.32. The maximum atomic E-state index is 13.6. The second-order valence-electron chi connectivity index (χ2n) is 4.05. The van der Waals surface area contributed by atoms with Crippen LogP contribution >= 0.6 is 0 Å². The molecule has 2 nitrogen and oxygen atoms in total. The number of rotatable bonds is 3. The van der Waals surface area contributed by atoms with Gasteiger partial charge in [0.25, 0.3) is 0 Å². The molecule has 1 unspecified atom stereocenters. The number of halogens is 3. The molecule has 2 N–H and O–H groups in total. The van der Waals surface area contributed by atoms with Gasteiger partial charge in [0.15, 0.2) is 23.2 Å². The molecule has 0 aliphatic rings. The minimum Gasteiger partial charge on any atom is -0.494 e. The zero-order chi connectivity index (χ0) is 14.0. The number of methoxy groups -OCH3 is 1. The maximum Gasteiger partial charge on any atom is 0.165 e. The maximum absolute atomic E-state index is 13.6. The van der Waals surface area contributed by atoms with Gasteiger partial charge in [-0.1, -0.05) is 12.1 Å². The van der Waals surface area contributed by atoms with Gasteiger partial charge >= 0.3 is 0 Å². The van der Waals surface area contributed by atoms with Crippen molar-refractivity contribution in [2.24, 2.45) is 5.73 Å². The van der Waals surface area contributed by atoms with E-state index in [2.05, 4.69) is 0 Å². The van der Waals surface area contributed by atoms with Crippen molar-refractivity contribution in [1.29, 1.82) is 0 Å². The lowest BCUT2D eigenvalue weighted by atomic mass is 9.99. The van der Waals surface area contributed by atoms with E-state index in [1.165, 1.54) is 25.3 Å². The fourth-order valence-electron chi connectivity index (χ4n) is 1.77. The van der Waals surface area contributed by atoms with Crippen LogP contribution < -0.4 is 10.5 Å². The second-order valence-corrected chi connectivity index (χ2v) is 4.05. The molecule has 0 spiro atoms. The van der Waals surface area contributed by atoms with Crippen molar-refractivity contribution in [2.45, 2.75) is 6.04 Å². The Morgan fingerprint density at radius 1 is 0.895 bits per heavy atom. The van der Waals surface area contributed by atoms with Gasteiger partial charge < -0.3 is 10.5 Å². The highest BCUT2D eigenvalue weighted by molar-refractivity contribution is 5.36. The number of benzene rings is 2. The van der Waals surface area contributed by atoms with Gasteiger partial charge in [-0.15, -0.1) is 0 Å². The first-order valence-electron chi connectivity index (χ1n) is 5.57. The molecule has 0 radical (unpaired) electrons. The van der Waals surface area contributed by atoms with Crippen LogP contribution in [-0.2, 0) is 0 Å². The van der Waals surface area contributed by atoms with E-state index in [-0.39, 0.29) is 5.75 Å². The first kappa shape index (κ1) is 13.4. The highest BCUT2D eigenvalue weighted by Gasteiger charge is 2.14. The fraction of sp³-hybridized carbons (Fsp3) is 0.143. The molecular weight excluding hydrogens is 255 g/mol. The molecule has 100 valence electrons. The van der Waals surface area contributed by atoms with Crippen LogP contribution in [0.2, 0.25) is 0 Å². The molecule has 0 amide bonds. The van der Waals surface area contributed by atoms with Crippen LogP contribution in [0.4, 0.5) is 13.2 Å². The largest absolute Gasteiger partial charge is 0.494 e. The lowest BCUT2D eigenvalue weighted by Crippen LogP contribution is -2.12. The van der Waals surface area contributed by atoms with Gasteiger partial charge in [0.1, 0.15) is 0 Å². The smallest absolute Gasteiger partial charge is 0.165 e. The average molecular weight is 267 g/mol. The summed E-state index contributed by atoms with van der Waals surface area (Å²) in [5.41, 5.74) is 6.71. The van der Waals surface area contributed by atoms with Gasteiger partial charge in [-0.25, -0.2) is 13.2 Å². The van der Waals surface area contributed by atoms with Gasteiger partial charge in [-0.05, 0) is 35.4 Å². The van der Waals surface area contributed by atoms with Crippen molar-refractivity contribution in [3.05, 3.63) is 65.0 Å². The van der Waals surface area contributed by atoms with Crippen LogP contribution in [0, 0.1) is 17.5 Å². The van der Waals surface area contributed by atoms with E-state index in [0.29, 0.717) is 11.1 Å². The molecule has 0 aliphatic heterocycles. The van der Waals surface area contributed by atoms with Gasteiger partial charge in [0, 0.05) is 0 Å². The summed E-state index contributed by atoms with van der Waals surface area (Å²) in [6, 6.07) is 6.84. The Morgan fingerprint density at radius 2 is 1.47 bits per heavy atom. The van der Waals surface area contributed by atoms with Crippen molar-refractivity contribution < 1.29 is 17.9 Å². The number of hydrogen-bond acceptors (Lipinski definition) is 2. The molecule has 2 aromatic rings. The molecule has 2 rings (SSSR count). The summed E-state index contributed by atoms with van der Waals surface area (Å²) < 4.78 is 44.3. The molecule has 2 aromatic carbocycles. The molecule has 0 fully saturated rings. The summed E-state index contributed by atoms with van der Waals surface area (Å²) in [4.78, 5) is 0. The van der Waals surface area contributed by atoms with Crippen molar-refractivity contribution in [1.82, 2.24) is 0 Å². The number of hydrogen-bond donors (Lipinski definition) is 1. The Labute approximate surface area is 108 Å². The average Bonchev–Trinajstić information content (AvgIpc) is 2.41. The fourth-order valence-corrected chi connectivity index (χ4v) is 1.77. The molecule has 0 saturated heterocycles. The van der Waals surface area contributed by atoms with Crippen LogP contribution in [0.25, 0.3) is 0 Å². The van der Waals surface area contributed by atoms with Crippen molar-refractivity contribution in [2.75, 3.05) is 7.11 Å². The van der Waals surface area contributed by atoms with E-state index in [9.17, 15) is 13.2 Å². The lowest BCUT2D eigenvalue weighted by Gasteiger charge is -2.14. The molecule has 1 atom stereocenters. The van der Waals surface area contributed by atoms with E-state index in [1.807, 2.05) is 0 Å². The van der Waals surface area contributed by atoms with Crippen LogP contribution in [0.15, 0.2) is 36.4 Å². The molecule has 0 aromatic heterocycles. The first-order valence-corrected chi connectivity index (χ1v) is 5.57. The topological polar surface area (TPSA) is 35.2 Å². The number of nitrogens with two attached hydrogens (primary N) is 1. The summed E-state index contributed by atoms with van der Waals surface area (Å²) in [5, 5.41) is 0. The normalized spacial score (nSPS) is 12.3. The molecule has 0 aliphatic carbocycles. The van der Waals surface area contributed by atoms with Gasteiger partial charge in [0.2, 0.25) is 0 Å². The third kappa shape index (κ3) is 2.71. The first-order chi connectivity index (χ1) is 9.02. The summed E-state index contributed by atoms with van der Waals surface area (Å²) in [5.74, 6) is -2.39. The zero-order valence-electron chi connectivity index (χ0n) is 10.2. The lowest BCUT2D eigenvalue weighted by molar-refractivity contribution is 0.386. The third-order valence-electron chi connectivity index (χ3n) is 2.84. The Hall–Kier alpha value is -2.01. The summed E-state index contributed by atoms with van der Waals surface area (Å²) in [6.07, 6.45) is 0. The van der Waals surface area contributed by atoms with E-state index >= 15 is 0 Å². The zero-order valence-corrected chi connectivity index (χ0v) is 10.2. The monoisotopic (exact) mass is 267 g/mol. The van der Waals surface area contributed by atoms with Crippen LogP contribution in [0.1, 0.15) is 17.2 Å². The Balaban J connectivity index is 2.35. The van der Waals surface area contributed by atoms with Gasteiger partial charge in [-0.3, -0.25) is 0 Å². The van der Waals surface area contributed by atoms with Crippen LogP contribution in [0.5, 0.6) is 5.75 Å². The highest BCUT2D eigenvalue weighted by atomic mass is 19.2. The van der Waals surface area contributed by atoms with Gasteiger partial charge in [-0.2, -0.15) is 0 Å². The summed E-state index contributed by atoms with van der Waals surface area (Å²) in [7, 11) is 1.35. The van der Waals surface area contributed by atoms with E-state index in [0.717, 1.165) is 12.1 Å². The predicted octanol–water partition coefficient (Wildman–Crippen LogP) is 3.16. The van der Waals surface area contributed by atoms with E-state index < -0.39 is 23.5 Å². The molecule has 0 heterocycles. The molecular formula is C14H12F3NO. The van der Waals surface area contributed by atoms with Crippen molar-refractivity contribution >= 4 is 0 Å². The predicted molar refractivity (Wildman–Crippen MR) is 65.3 cm³/mol. The van der Waals surface area contributed by atoms with Gasteiger partial charge in [0.05, 0.1) is 13.2 Å². The Kier molecular flexibility index (Phi) is 3.76. The molecule has 5 heteroatoms. The Morgan fingerprint density at radius 3 is 2.00 bits per heavy atom. The minimum atomic E-state index is -0.984. The van der Waals surface area contributed by atoms with E-state index in [1.54, 1.807) is 6.07 Å². The Bertz CT molecular complexity index is 601. The standard InChI is InChI=1S/C14H12F3NO/c1-19-13-5-3-9(7-12(13)17)14(18)8-2-4-10(15)11(16)6-8/h2-7,14H,18H2,1H3. The minimum absolute atomic E-state index is 0.0984. The SMILES string of the molecule is COc1ccc(C(N)c2ccc(F)c(F)c2)cc1F. The summed E-state index contributed by atoms with van der Waals surface area (Å²) >= 11 is 0. The van der Waals surface area contributed by atoms with Crippen LogP contribution in [0.3, 0.4) is 0 Å². The van der Waals surface area contributed by atoms with Crippen molar-refractivity contribution in [3.8, 4) is 5.75 Å².